The molecule has 0 spiro atoms. The van der Waals surface area contributed by atoms with Crippen LogP contribution in [0, 0.1) is 0 Å². The molecule has 0 saturated carbocycles. The van der Waals surface area contributed by atoms with E-state index in [1.54, 1.807) is 30.3 Å². The van der Waals surface area contributed by atoms with Gasteiger partial charge in [-0.05, 0) is 36.8 Å². The molecule has 0 atom stereocenters. The number of hydrazone groups is 1. The number of nitrogens with zero attached hydrogens (tertiary/aromatic N) is 1. The van der Waals surface area contributed by atoms with Crippen LogP contribution >= 0.6 is 11.6 Å². The highest BCUT2D eigenvalue weighted by molar-refractivity contribution is 6.30. The Morgan fingerprint density at radius 3 is 2.59 bits per heavy atom. The number of hydrogen-bond donors (Lipinski definition) is 2. The number of amides is 2. The minimum atomic E-state index is -0.354. The van der Waals surface area contributed by atoms with Crippen molar-refractivity contribution in [2.24, 2.45) is 5.10 Å². The van der Waals surface area contributed by atoms with Crippen molar-refractivity contribution in [2.75, 3.05) is 11.9 Å². The number of nitrogens with one attached hydrogen (secondary N) is 2. The van der Waals surface area contributed by atoms with Gasteiger partial charge in [-0.3, -0.25) is 9.59 Å². The van der Waals surface area contributed by atoms with E-state index in [1.807, 2.05) is 25.1 Å². The van der Waals surface area contributed by atoms with Crippen molar-refractivity contribution in [1.29, 1.82) is 0 Å². The largest absolute Gasteiger partial charge is 0.493 e. The zero-order valence-corrected chi connectivity index (χ0v) is 15.8. The Balaban J connectivity index is 1.81. The number of ether oxygens (including phenoxy) is 1. The average Bonchev–Trinajstić information content (AvgIpc) is 2.66. The molecule has 2 aromatic rings. The highest BCUT2D eigenvalue weighted by Gasteiger charge is 2.07. The Labute approximate surface area is 163 Å². The van der Waals surface area contributed by atoms with Gasteiger partial charge in [0.25, 0.3) is 0 Å². The third kappa shape index (κ3) is 7.50. The molecule has 142 valence electrons. The van der Waals surface area contributed by atoms with E-state index in [0.29, 0.717) is 28.6 Å². The van der Waals surface area contributed by atoms with Gasteiger partial charge >= 0.3 is 0 Å². The summed E-state index contributed by atoms with van der Waals surface area (Å²) in [5, 5.41) is 7.19. The molecule has 0 fully saturated rings. The molecule has 0 aromatic heterocycles. The smallest absolute Gasteiger partial charge is 0.240 e. The topological polar surface area (TPSA) is 79.8 Å². The van der Waals surface area contributed by atoms with E-state index in [1.165, 1.54) is 6.21 Å². The van der Waals surface area contributed by atoms with E-state index < -0.39 is 0 Å². The summed E-state index contributed by atoms with van der Waals surface area (Å²) in [7, 11) is 0. The summed E-state index contributed by atoms with van der Waals surface area (Å²) in [4.78, 5) is 23.7. The summed E-state index contributed by atoms with van der Waals surface area (Å²) in [6.45, 7) is 2.59. The van der Waals surface area contributed by atoms with Gasteiger partial charge in [-0.25, -0.2) is 5.43 Å². The van der Waals surface area contributed by atoms with Crippen LogP contribution in [0.5, 0.6) is 5.75 Å². The fourth-order valence-corrected chi connectivity index (χ4v) is 2.35. The van der Waals surface area contributed by atoms with Crippen LogP contribution in [0.3, 0.4) is 0 Å². The van der Waals surface area contributed by atoms with Gasteiger partial charge in [-0.2, -0.15) is 5.10 Å². The van der Waals surface area contributed by atoms with Gasteiger partial charge < -0.3 is 10.1 Å². The number of benzene rings is 2. The summed E-state index contributed by atoms with van der Waals surface area (Å²) in [5.41, 5.74) is 3.77. The quantitative estimate of drug-likeness (QED) is 0.504. The summed E-state index contributed by atoms with van der Waals surface area (Å²) in [5.74, 6) is 0.0550. The van der Waals surface area contributed by atoms with Gasteiger partial charge in [0.2, 0.25) is 11.8 Å². The zero-order chi connectivity index (χ0) is 19.5. The normalized spacial score (nSPS) is 10.6. The van der Waals surface area contributed by atoms with Gasteiger partial charge in [0.1, 0.15) is 5.75 Å². The minimum absolute atomic E-state index is 0.0325. The van der Waals surface area contributed by atoms with Crippen molar-refractivity contribution >= 4 is 35.3 Å². The SMILES string of the molecule is CCCOc1ccc(Cl)cc1C=NNC(=O)CCC(=O)Nc1ccccc1. The predicted molar refractivity (Wildman–Crippen MR) is 107 cm³/mol. The van der Waals surface area contributed by atoms with Crippen LogP contribution in [0.15, 0.2) is 53.6 Å². The average molecular weight is 388 g/mol. The van der Waals surface area contributed by atoms with Crippen LogP contribution in [-0.4, -0.2) is 24.6 Å². The van der Waals surface area contributed by atoms with Crippen molar-refractivity contribution in [3.8, 4) is 5.75 Å². The summed E-state index contributed by atoms with van der Waals surface area (Å²) >= 11 is 5.99. The molecule has 0 aliphatic carbocycles. The van der Waals surface area contributed by atoms with E-state index in [9.17, 15) is 9.59 Å². The van der Waals surface area contributed by atoms with Crippen molar-refractivity contribution in [3.63, 3.8) is 0 Å². The summed E-state index contributed by atoms with van der Waals surface area (Å²) in [6.07, 6.45) is 2.45. The Bertz CT molecular complexity index is 794. The van der Waals surface area contributed by atoms with Crippen molar-refractivity contribution in [2.45, 2.75) is 26.2 Å². The summed E-state index contributed by atoms with van der Waals surface area (Å²) < 4.78 is 5.62. The Morgan fingerprint density at radius 1 is 1.11 bits per heavy atom. The maximum Gasteiger partial charge on any atom is 0.240 e. The second-order valence-corrected chi connectivity index (χ2v) is 6.17. The fraction of sp³-hybridized carbons (Fsp3) is 0.250. The van der Waals surface area contributed by atoms with Crippen LogP contribution < -0.4 is 15.5 Å². The molecule has 0 bridgehead atoms. The maximum atomic E-state index is 11.9. The molecule has 6 nitrogen and oxygen atoms in total. The van der Waals surface area contributed by atoms with E-state index >= 15 is 0 Å². The number of para-hydroxylation sites is 1. The van der Waals surface area contributed by atoms with Gasteiger partial charge in [-0.15, -0.1) is 0 Å². The van der Waals surface area contributed by atoms with E-state index in [2.05, 4.69) is 15.8 Å². The van der Waals surface area contributed by atoms with E-state index in [0.717, 1.165) is 6.42 Å². The summed E-state index contributed by atoms with van der Waals surface area (Å²) in [6, 6.07) is 14.3. The lowest BCUT2D eigenvalue weighted by atomic mass is 10.2. The molecule has 2 rings (SSSR count). The second-order valence-electron chi connectivity index (χ2n) is 5.74. The van der Waals surface area contributed by atoms with E-state index in [-0.39, 0.29) is 24.7 Å². The molecule has 7 heteroatoms. The molecule has 0 saturated heterocycles. The third-order valence-corrected chi connectivity index (χ3v) is 3.70. The first-order valence-electron chi connectivity index (χ1n) is 8.67. The minimum Gasteiger partial charge on any atom is -0.493 e. The molecule has 0 aliphatic rings. The number of anilines is 1. The highest BCUT2D eigenvalue weighted by Crippen LogP contribution is 2.21. The maximum absolute atomic E-state index is 11.9. The van der Waals surface area contributed by atoms with Crippen molar-refractivity contribution in [3.05, 3.63) is 59.1 Å². The lowest BCUT2D eigenvalue weighted by molar-refractivity contribution is -0.124. The van der Waals surface area contributed by atoms with Gasteiger partial charge in [0.05, 0.1) is 12.8 Å². The van der Waals surface area contributed by atoms with Gasteiger partial charge in [0, 0.05) is 29.1 Å². The van der Waals surface area contributed by atoms with Crippen LogP contribution in [0.2, 0.25) is 5.02 Å². The third-order valence-electron chi connectivity index (χ3n) is 3.46. The molecule has 0 aliphatic heterocycles. The number of hydrogen-bond acceptors (Lipinski definition) is 4. The first kappa shape index (κ1) is 20.5. The number of rotatable bonds is 9. The molecule has 2 N–H and O–H groups in total. The molecule has 2 aromatic carbocycles. The number of carbonyl (C=O) groups is 2. The molecule has 0 radical (unpaired) electrons. The molecule has 27 heavy (non-hydrogen) atoms. The lowest BCUT2D eigenvalue weighted by Gasteiger charge is -2.08. The molecule has 2 amide bonds. The highest BCUT2D eigenvalue weighted by atomic mass is 35.5. The monoisotopic (exact) mass is 387 g/mol. The standard InChI is InChI=1S/C20H22ClN3O3/c1-2-12-27-18-9-8-16(21)13-15(18)14-22-24-20(26)11-10-19(25)23-17-6-4-3-5-7-17/h3-9,13-14H,2,10-12H2,1H3,(H,23,25)(H,24,26). The predicted octanol–water partition coefficient (Wildman–Crippen LogP) is 4.00. The first-order valence-corrected chi connectivity index (χ1v) is 9.05. The van der Waals surface area contributed by atoms with Crippen LogP contribution in [0.1, 0.15) is 31.7 Å². The lowest BCUT2D eigenvalue weighted by Crippen LogP contribution is -2.20. The van der Waals surface area contributed by atoms with Crippen molar-refractivity contribution in [1.82, 2.24) is 5.43 Å². The number of halogens is 1. The van der Waals surface area contributed by atoms with Gasteiger partial charge in [-0.1, -0.05) is 36.7 Å². The van der Waals surface area contributed by atoms with Crippen molar-refractivity contribution < 1.29 is 14.3 Å². The molecular formula is C20H22ClN3O3. The fourth-order valence-electron chi connectivity index (χ4n) is 2.17. The Morgan fingerprint density at radius 2 is 1.85 bits per heavy atom. The molecule has 0 unspecified atom stereocenters. The van der Waals surface area contributed by atoms with Crippen LogP contribution in [0.25, 0.3) is 0 Å². The van der Waals surface area contributed by atoms with Gasteiger partial charge in [0.15, 0.2) is 0 Å². The van der Waals surface area contributed by atoms with E-state index in [4.69, 9.17) is 16.3 Å². The second kappa shape index (κ2) is 11.0. The molecular weight excluding hydrogens is 366 g/mol. The van der Waals surface area contributed by atoms with Crippen LogP contribution in [-0.2, 0) is 9.59 Å². The first-order chi connectivity index (χ1) is 13.1. The molecule has 0 heterocycles. The Kier molecular flexibility index (Phi) is 8.32. The van der Waals surface area contributed by atoms with Crippen LogP contribution in [0.4, 0.5) is 5.69 Å². The number of carbonyl (C=O) groups excluding carboxylic acids is 2. The zero-order valence-electron chi connectivity index (χ0n) is 15.1. The Hall–Kier alpha value is -2.86.